The molecule has 0 saturated carbocycles. The topological polar surface area (TPSA) is 60.4 Å². The van der Waals surface area contributed by atoms with Crippen LogP contribution in [0, 0.1) is 12.7 Å². The molecule has 1 aromatic heterocycles. The molecule has 2 aromatic rings. The van der Waals surface area contributed by atoms with Gasteiger partial charge in [-0.1, -0.05) is 0 Å². The van der Waals surface area contributed by atoms with Gasteiger partial charge in [-0.25, -0.2) is 4.39 Å². The second-order valence-corrected chi connectivity index (χ2v) is 4.11. The van der Waals surface area contributed by atoms with Gasteiger partial charge in [-0.3, -0.25) is 0 Å². The summed E-state index contributed by atoms with van der Waals surface area (Å²) in [6, 6.07) is 5.56. The number of alkyl halides is 2. The van der Waals surface area contributed by atoms with Crippen molar-refractivity contribution in [2.24, 2.45) is 0 Å². The van der Waals surface area contributed by atoms with Gasteiger partial charge in [-0.05, 0) is 19.1 Å². The van der Waals surface area contributed by atoms with Gasteiger partial charge in [0.05, 0.1) is 17.9 Å². The highest BCUT2D eigenvalue weighted by Crippen LogP contribution is 2.29. The van der Waals surface area contributed by atoms with E-state index in [9.17, 15) is 13.2 Å². The predicted molar refractivity (Wildman–Crippen MR) is 68.2 cm³/mol. The minimum atomic E-state index is -3.10. The van der Waals surface area contributed by atoms with E-state index in [0.717, 1.165) is 17.9 Å². The minimum Gasteiger partial charge on any atom is -0.465 e. The van der Waals surface area contributed by atoms with Crippen LogP contribution in [0.5, 0.6) is 5.75 Å². The van der Waals surface area contributed by atoms with E-state index in [4.69, 9.17) is 10.2 Å². The molecule has 0 fully saturated rings. The Hall–Kier alpha value is -2.31. The molecule has 0 aliphatic carbocycles. The number of aryl methyl sites for hydroxylation is 1. The zero-order valence-corrected chi connectivity index (χ0v) is 10.6. The highest BCUT2D eigenvalue weighted by Gasteiger charge is 2.13. The molecule has 1 aromatic carbocycles. The van der Waals surface area contributed by atoms with Crippen LogP contribution in [-0.2, 0) is 6.54 Å². The van der Waals surface area contributed by atoms with E-state index >= 15 is 0 Å². The van der Waals surface area contributed by atoms with Crippen LogP contribution in [0.1, 0.15) is 11.5 Å². The lowest BCUT2D eigenvalue weighted by Crippen LogP contribution is -2.07. The molecule has 2 rings (SSSR count). The normalized spacial score (nSPS) is 10.8. The van der Waals surface area contributed by atoms with Crippen molar-refractivity contribution in [1.29, 1.82) is 0 Å². The molecule has 108 valence electrons. The summed E-state index contributed by atoms with van der Waals surface area (Å²) in [5.74, 6) is -0.118. The van der Waals surface area contributed by atoms with Crippen molar-refractivity contribution >= 4 is 11.4 Å². The first kappa shape index (κ1) is 14.1. The van der Waals surface area contributed by atoms with E-state index in [1.165, 1.54) is 0 Å². The van der Waals surface area contributed by atoms with Gasteiger partial charge >= 0.3 is 6.61 Å². The first-order chi connectivity index (χ1) is 9.45. The summed E-state index contributed by atoms with van der Waals surface area (Å²) in [6.07, 6.45) is 0. The zero-order chi connectivity index (χ0) is 14.7. The van der Waals surface area contributed by atoms with Crippen molar-refractivity contribution in [1.82, 2.24) is 0 Å². The molecule has 0 unspecified atom stereocenters. The number of nitrogens with two attached hydrogens (primary N) is 1. The third-order valence-corrected chi connectivity index (χ3v) is 2.57. The van der Waals surface area contributed by atoms with Crippen molar-refractivity contribution in [3.8, 4) is 5.75 Å². The Bertz CT molecular complexity index is 599. The summed E-state index contributed by atoms with van der Waals surface area (Å²) in [7, 11) is 0. The van der Waals surface area contributed by atoms with E-state index in [-0.39, 0.29) is 17.9 Å². The number of hydrogen-bond donors (Lipinski definition) is 2. The van der Waals surface area contributed by atoms with Crippen LogP contribution in [-0.4, -0.2) is 6.61 Å². The highest BCUT2D eigenvalue weighted by atomic mass is 19.3. The van der Waals surface area contributed by atoms with Crippen LogP contribution < -0.4 is 15.8 Å². The molecule has 0 aliphatic rings. The molecule has 0 bridgehead atoms. The Labute approximate surface area is 113 Å². The van der Waals surface area contributed by atoms with E-state index in [0.29, 0.717) is 5.76 Å². The van der Waals surface area contributed by atoms with Crippen LogP contribution in [0.25, 0.3) is 0 Å². The Morgan fingerprint density at radius 3 is 2.70 bits per heavy atom. The standard InChI is InChI=1S/C13H13F3N2O2/c1-7-2-3-8(19-7)6-18-11-5-12(20-13(15)16)9(14)4-10(11)17/h2-5,13,18H,6,17H2,1H3. The van der Waals surface area contributed by atoms with Crippen LogP contribution in [0.2, 0.25) is 0 Å². The van der Waals surface area contributed by atoms with E-state index in [2.05, 4.69) is 10.1 Å². The van der Waals surface area contributed by atoms with Gasteiger partial charge in [0, 0.05) is 12.1 Å². The Morgan fingerprint density at radius 2 is 2.10 bits per heavy atom. The third-order valence-electron chi connectivity index (χ3n) is 2.57. The minimum absolute atomic E-state index is 0.0902. The van der Waals surface area contributed by atoms with Gasteiger partial charge in [-0.2, -0.15) is 8.78 Å². The molecular formula is C13H13F3N2O2. The molecule has 0 spiro atoms. The molecule has 0 amide bonds. The Morgan fingerprint density at radius 1 is 1.35 bits per heavy atom. The molecule has 7 heteroatoms. The lowest BCUT2D eigenvalue weighted by molar-refractivity contribution is -0.0521. The van der Waals surface area contributed by atoms with E-state index in [1.807, 2.05) is 0 Å². The SMILES string of the molecule is Cc1ccc(CNc2cc(OC(F)F)c(F)cc2N)o1. The average molecular weight is 286 g/mol. The lowest BCUT2D eigenvalue weighted by Gasteiger charge is -2.12. The van der Waals surface area contributed by atoms with Crippen LogP contribution >= 0.6 is 0 Å². The number of nitrogen functional groups attached to an aromatic ring is 1. The largest absolute Gasteiger partial charge is 0.465 e. The fraction of sp³-hybridized carbons (Fsp3) is 0.231. The van der Waals surface area contributed by atoms with E-state index in [1.54, 1.807) is 19.1 Å². The lowest BCUT2D eigenvalue weighted by atomic mass is 10.2. The first-order valence-electron chi connectivity index (χ1n) is 5.78. The molecule has 0 saturated heterocycles. The second kappa shape index (κ2) is 5.77. The number of ether oxygens (including phenoxy) is 1. The van der Waals surface area contributed by atoms with Gasteiger partial charge in [0.15, 0.2) is 11.6 Å². The number of hydrogen-bond acceptors (Lipinski definition) is 4. The van der Waals surface area contributed by atoms with E-state index < -0.39 is 18.2 Å². The van der Waals surface area contributed by atoms with Crippen molar-refractivity contribution in [3.05, 3.63) is 41.6 Å². The van der Waals surface area contributed by atoms with Gasteiger partial charge in [0.1, 0.15) is 11.5 Å². The quantitative estimate of drug-likeness (QED) is 0.826. The zero-order valence-electron chi connectivity index (χ0n) is 10.6. The first-order valence-corrected chi connectivity index (χ1v) is 5.78. The number of furan rings is 1. The summed E-state index contributed by atoms with van der Waals surface area (Å²) in [6.45, 7) is -1.02. The smallest absolute Gasteiger partial charge is 0.387 e. The average Bonchev–Trinajstić information content (AvgIpc) is 2.76. The predicted octanol–water partition coefficient (Wildman–Crippen LogP) is 3.52. The number of rotatable bonds is 5. The summed E-state index contributed by atoms with van der Waals surface area (Å²) < 4.78 is 47.0. The van der Waals surface area contributed by atoms with Crippen molar-refractivity contribution in [2.45, 2.75) is 20.1 Å². The third kappa shape index (κ3) is 3.37. The second-order valence-electron chi connectivity index (χ2n) is 4.11. The molecular weight excluding hydrogens is 273 g/mol. The number of anilines is 2. The maximum Gasteiger partial charge on any atom is 0.387 e. The molecule has 3 N–H and O–H groups in total. The number of nitrogens with one attached hydrogen (secondary N) is 1. The van der Waals surface area contributed by atoms with Crippen molar-refractivity contribution < 1.29 is 22.3 Å². The molecule has 0 radical (unpaired) electrons. The maximum atomic E-state index is 13.4. The highest BCUT2D eigenvalue weighted by molar-refractivity contribution is 5.68. The van der Waals surface area contributed by atoms with Gasteiger partial charge in [0.2, 0.25) is 0 Å². The fourth-order valence-corrected chi connectivity index (χ4v) is 1.67. The van der Waals surface area contributed by atoms with Gasteiger partial charge in [-0.15, -0.1) is 0 Å². The fourth-order valence-electron chi connectivity index (χ4n) is 1.67. The number of halogens is 3. The van der Waals surface area contributed by atoms with Crippen LogP contribution in [0.4, 0.5) is 24.5 Å². The molecule has 1 heterocycles. The molecule has 20 heavy (non-hydrogen) atoms. The van der Waals surface area contributed by atoms with Crippen molar-refractivity contribution in [3.63, 3.8) is 0 Å². The molecule has 4 nitrogen and oxygen atoms in total. The Kier molecular flexibility index (Phi) is 4.07. The molecule has 0 aliphatic heterocycles. The Balaban J connectivity index is 2.14. The molecule has 0 atom stereocenters. The van der Waals surface area contributed by atoms with Crippen LogP contribution in [0.3, 0.4) is 0 Å². The van der Waals surface area contributed by atoms with Gasteiger partial charge < -0.3 is 20.2 Å². The monoisotopic (exact) mass is 286 g/mol. The van der Waals surface area contributed by atoms with Crippen LogP contribution in [0.15, 0.2) is 28.7 Å². The summed E-state index contributed by atoms with van der Waals surface area (Å²) in [5, 5.41) is 2.87. The maximum absolute atomic E-state index is 13.4. The van der Waals surface area contributed by atoms with Crippen molar-refractivity contribution in [2.75, 3.05) is 11.1 Å². The summed E-state index contributed by atoms with van der Waals surface area (Å²) in [4.78, 5) is 0. The number of benzene rings is 1. The summed E-state index contributed by atoms with van der Waals surface area (Å²) in [5.41, 5.74) is 5.99. The summed E-state index contributed by atoms with van der Waals surface area (Å²) >= 11 is 0. The van der Waals surface area contributed by atoms with Gasteiger partial charge in [0.25, 0.3) is 0 Å².